The molecule has 2 atom stereocenters. The van der Waals surface area contributed by atoms with E-state index in [0.29, 0.717) is 61.8 Å². The van der Waals surface area contributed by atoms with Crippen LogP contribution in [0.2, 0.25) is 0 Å². The average Bonchev–Trinajstić information content (AvgIpc) is 3.39. The quantitative estimate of drug-likeness (QED) is 0.347. The van der Waals surface area contributed by atoms with Crippen LogP contribution in [0.3, 0.4) is 0 Å². The van der Waals surface area contributed by atoms with E-state index in [4.69, 9.17) is 19.9 Å². The van der Waals surface area contributed by atoms with Gasteiger partial charge in [-0.05, 0) is 47.9 Å². The summed E-state index contributed by atoms with van der Waals surface area (Å²) in [5.41, 5.74) is 7.07. The number of hydrogen-bond acceptors (Lipinski definition) is 9. The molecule has 2 saturated heterocycles. The number of ether oxygens (including phenoxy) is 3. The first-order valence-electron chi connectivity index (χ1n) is 13.4. The molecule has 2 aromatic carbocycles. The second-order valence-electron chi connectivity index (χ2n) is 10.6. The average molecular weight is 588 g/mol. The van der Waals surface area contributed by atoms with Crippen LogP contribution in [-0.4, -0.2) is 67.1 Å². The predicted molar refractivity (Wildman–Crippen MR) is 149 cm³/mol. The Kier molecular flexibility index (Phi) is 8.04. The van der Waals surface area contributed by atoms with Gasteiger partial charge in [0.1, 0.15) is 11.9 Å². The molecule has 1 aromatic heterocycles. The lowest BCUT2D eigenvalue weighted by atomic mass is 9.76. The molecule has 2 unspecified atom stereocenters. The molecule has 10 nitrogen and oxygen atoms in total. The SMILES string of the molecule is COc1ccc(-c2ccc(C(Oc3cc(N4CCC5(CC4)CNC(C(=O)O)C5)nc(N)n3)C(F)(F)F)cc2)cc1OC. The third kappa shape index (κ3) is 6.15. The number of rotatable bonds is 8. The Morgan fingerprint density at radius 2 is 1.71 bits per heavy atom. The smallest absolute Gasteiger partial charge is 0.429 e. The zero-order valence-electron chi connectivity index (χ0n) is 23.1. The summed E-state index contributed by atoms with van der Waals surface area (Å²) >= 11 is 0. The molecule has 13 heteroatoms. The fourth-order valence-corrected chi connectivity index (χ4v) is 5.65. The molecule has 0 aliphatic carbocycles. The number of carboxylic acid groups (broad SMARTS) is 1. The van der Waals surface area contributed by atoms with E-state index in [0.717, 1.165) is 5.56 Å². The summed E-state index contributed by atoms with van der Waals surface area (Å²) in [7, 11) is 3.03. The number of carboxylic acids is 1. The van der Waals surface area contributed by atoms with E-state index >= 15 is 0 Å². The topological polar surface area (TPSA) is 132 Å². The number of nitrogens with two attached hydrogens (primary N) is 1. The van der Waals surface area contributed by atoms with Crippen LogP contribution in [0.4, 0.5) is 24.9 Å². The third-order valence-corrected chi connectivity index (χ3v) is 7.98. The molecular weight excluding hydrogens is 555 g/mol. The first-order chi connectivity index (χ1) is 20.0. The summed E-state index contributed by atoms with van der Waals surface area (Å²) in [6.45, 7) is 1.70. The Labute approximate surface area is 240 Å². The molecule has 0 amide bonds. The maximum Gasteiger partial charge on any atom is 0.429 e. The van der Waals surface area contributed by atoms with Gasteiger partial charge in [0.25, 0.3) is 0 Å². The van der Waals surface area contributed by atoms with E-state index in [1.54, 1.807) is 30.3 Å². The van der Waals surface area contributed by atoms with Crippen LogP contribution in [0.15, 0.2) is 48.5 Å². The van der Waals surface area contributed by atoms with Crippen LogP contribution in [0.5, 0.6) is 17.4 Å². The number of aromatic nitrogens is 2. The van der Waals surface area contributed by atoms with Gasteiger partial charge in [-0.15, -0.1) is 0 Å². The van der Waals surface area contributed by atoms with Gasteiger partial charge in [0.2, 0.25) is 17.9 Å². The Balaban J connectivity index is 1.32. The van der Waals surface area contributed by atoms with E-state index in [9.17, 15) is 23.1 Å². The number of alkyl halides is 3. The summed E-state index contributed by atoms with van der Waals surface area (Å²) in [5.74, 6) is 0.0325. The first kappa shape index (κ1) is 29.2. The fraction of sp³-hybridized carbons (Fsp3) is 0.414. The molecule has 5 rings (SSSR count). The lowest BCUT2D eigenvalue weighted by molar-refractivity contribution is -0.198. The van der Waals surface area contributed by atoms with Crippen LogP contribution in [0.25, 0.3) is 11.1 Å². The van der Waals surface area contributed by atoms with E-state index in [-0.39, 0.29) is 22.8 Å². The van der Waals surface area contributed by atoms with Crippen LogP contribution < -0.4 is 30.2 Å². The Bertz CT molecular complexity index is 1430. The molecule has 2 aliphatic rings. The standard InChI is InChI=1S/C29H32F3N5O5/c1-40-21-8-7-19(13-22(21)41-2)17-3-5-18(6-4-17)25(29(30,31)32)42-24-14-23(35-27(33)36-24)37-11-9-28(10-12-37)15-20(26(38)39)34-16-28/h3-8,13-14,20,25,34H,9-12,15-16H2,1-2H3,(H,38,39)(H2,33,35,36). The van der Waals surface area contributed by atoms with Gasteiger partial charge < -0.3 is 35.3 Å². The van der Waals surface area contributed by atoms with Gasteiger partial charge in [-0.2, -0.15) is 23.1 Å². The van der Waals surface area contributed by atoms with Crippen molar-refractivity contribution in [1.82, 2.24) is 15.3 Å². The highest BCUT2D eigenvalue weighted by molar-refractivity contribution is 5.74. The predicted octanol–water partition coefficient (Wildman–Crippen LogP) is 4.46. The number of nitrogens with one attached hydrogen (secondary N) is 1. The van der Waals surface area contributed by atoms with Crippen molar-refractivity contribution in [3.63, 3.8) is 0 Å². The number of carbonyl (C=O) groups is 1. The Morgan fingerprint density at radius 1 is 1.05 bits per heavy atom. The summed E-state index contributed by atoms with van der Waals surface area (Å²) in [6.07, 6.45) is -5.07. The molecule has 0 radical (unpaired) electrons. The number of nitrogens with zero attached hydrogens (tertiary/aromatic N) is 3. The molecular formula is C29H32F3N5O5. The normalized spacial score (nSPS) is 19.0. The van der Waals surface area contributed by atoms with Crippen molar-refractivity contribution in [2.24, 2.45) is 5.41 Å². The van der Waals surface area contributed by atoms with E-state index in [2.05, 4.69) is 15.3 Å². The second-order valence-corrected chi connectivity index (χ2v) is 10.6. The summed E-state index contributed by atoms with van der Waals surface area (Å²) in [5, 5.41) is 12.4. The summed E-state index contributed by atoms with van der Waals surface area (Å²) in [6, 6.07) is 11.9. The molecule has 0 saturated carbocycles. The first-order valence-corrected chi connectivity index (χ1v) is 13.4. The maximum atomic E-state index is 14.2. The van der Waals surface area contributed by atoms with Gasteiger partial charge in [0, 0.05) is 31.3 Å². The molecule has 224 valence electrons. The fourth-order valence-electron chi connectivity index (χ4n) is 5.65. The zero-order chi connectivity index (χ0) is 30.1. The highest BCUT2D eigenvalue weighted by Crippen LogP contribution is 2.42. The van der Waals surface area contributed by atoms with Crippen LogP contribution in [0, 0.1) is 5.41 Å². The van der Waals surface area contributed by atoms with Crippen molar-refractivity contribution in [3.05, 3.63) is 54.1 Å². The van der Waals surface area contributed by atoms with Gasteiger partial charge in [-0.25, -0.2) is 0 Å². The lowest BCUT2D eigenvalue weighted by Crippen LogP contribution is -2.41. The minimum Gasteiger partial charge on any atom is -0.493 e. The Hall–Kier alpha value is -4.26. The number of methoxy groups -OCH3 is 2. The summed E-state index contributed by atoms with van der Waals surface area (Å²) < 4.78 is 58.7. The number of halogens is 3. The van der Waals surface area contributed by atoms with E-state index in [1.807, 2.05) is 4.90 Å². The molecule has 4 N–H and O–H groups in total. The van der Waals surface area contributed by atoms with E-state index in [1.165, 1.54) is 32.4 Å². The highest BCUT2D eigenvalue weighted by Gasteiger charge is 2.45. The third-order valence-electron chi connectivity index (χ3n) is 7.98. The largest absolute Gasteiger partial charge is 0.493 e. The minimum atomic E-state index is -4.74. The lowest BCUT2D eigenvalue weighted by Gasteiger charge is -2.39. The van der Waals surface area contributed by atoms with Crippen molar-refractivity contribution >= 4 is 17.7 Å². The van der Waals surface area contributed by atoms with Crippen LogP contribution >= 0.6 is 0 Å². The van der Waals surface area contributed by atoms with Gasteiger partial charge >= 0.3 is 12.1 Å². The number of hydrogen-bond donors (Lipinski definition) is 3. The summed E-state index contributed by atoms with van der Waals surface area (Å²) in [4.78, 5) is 21.4. The minimum absolute atomic E-state index is 0.105. The number of anilines is 2. The molecule has 42 heavy (non-hydrogen) atoms. The van der Waals surface area contributed by atoms with Crippen LogP contribution in [0.1, 0.15) is 30.9 Å². The van der Waals surface area contributed by atoms with Gasteiger partial charge in [-0.3, -0.25) is 4.79 Å². The number of nitrogen functional groups attached to an aromatic ring is 1. The molecule has 2 aliphatic heterocycles. The van der Waals surface area contributed by atoms with Crippen molar-refractivity contribution < 1.29 is 37.3 Å². The molecule has 2 fully saturated rings. The highest BCUT2D eigenvalue weighted by atomic mass is 19.4. The van der Waals surface area contributed by atoms with E-state index < -0.39 is 24.3 Å². The van der Waals surface area contributed by atoms with Crippen molar-refractivity contribution in [2.45, 2.75) is 37.6 Å². The number of benzene rings is 2. The second kappa shape index (κ2) is 11.6. The maximum absolute atomic E-state index is 14.2. The van der Waals surface area contributed by atoms with Crippen molar-refractivity contribution in [2.75, 3.05) is 44.5 Å². The van der Waals surface area contributed by atoms with Gasteiger partial charge in [0.15, 0.2) is 11.5 Å². The molecule has 0 bridgehead atoms. The zero-order valence-corrected chi connectivity index (χ0v) is 23.1. The van der Waals surface area contributed by atoms with Gasteiger partial charge in [-0.1, -0.05) is 30.3 Å². The monoisotopic (exact) mass is 587 g/mol. The number of aliphatic carboxylic acids is 1. The van der Waals surface area contributed by atoms with Crippen LogP contribution in [-0.2, 0) is 4.79 Å². The molecule has 1 spiro atoms. The van der Waals surface area contributed by atoms with Crippen molar-refractivity contribution in [1.29, 1.82) is 0 Å². The van der Waals surface area contributed by atoms with Gasteiger partial charge in [0.05, 0.1) is 14.2 Å². The molecule has 3 heterocycles. The number of piperidine rings is 1. The molecule has 3 aromatic rings. The van der Waals surface area contributed by atoms with Crippen molar-refractivity contribution in [3.8, 4) is 28.5 Å². The Morgan fingerprint density at radius 3 is 2.31 bits per heavy atom.